The van der Waals surface area contributed by atoms with E-state index in [9.17, 15) is 0 Å². The van der Waals surface area contributed by atoms with Crippen LogP contribution >= 0.6 is 0 Å². The molecule has 2 heteroatoms. The van der Waals surface area contributed by atoms with Gasteiger partial charge < -0.3 is 10.1 Å². The van der Waals surface area contributed by atoms with E-state index < -0.39 is 0 Å². The highest BCUT2D eigenvalue weighted by Gasteiger charge is 2.09. The molecule has 0 heterocycles. The van der Waals surface area contributed by atoms with Crippen molar-refractivity contribution in [3.05, 3.63) is 59.2 Å². The molecule has 20 heavy (non-hydrogen) atoms. The van der Waals surface area contributed by atoms with E-state index in [0.29, 0.717) is 6.61 Å². The predicted octanol–water partition coefficient (Wildman–Crippen LogP) is 4.88. The Balaban J connectivity index is 2.18. The zero-order valence-electron chi connectivity index (χ0n) is 12.7. The maximum absolute atomic E-state index is 5.65. The van der Waals surface area contributed by atoms with Gasteiger partial charge in [0, 0.05) is 6.04 Å². The molecule has 0 fully saturated rings. The molecule has 1 unspecified atom stereocenters. The number of hydrogen-bond acceptors (Lipinski definition) is 2. The van der Waals surface area contributed by atoms with Crippen LogP contribution in [0, 0.1) is 13.8 Å². The third kappa shape index (κ3) is 3.32. The molecule has 0 spiro atoms. The van der Waals surface area contributed by atoms with Gasteiger partial charge >= 0.3 is 0 Å². The standard InChI is InChI=1S/C18H23NO/c1-5-20-18-9-7-6-8-17(18)19-15(4)16-11-10-13(2)14(3)12-16/h6-12,15,19H,5H2,1-4H3. The first kappa shape index (κ1) is 14.4. The van der Waals surface area contributed by atoms with Crippen LogP contribution in [0.2, 0.25) is 0 Å². The van der Waals surface area contributed by atoms with E-state index in [0.717, 1.165) is 11.4 Å². The van der Waals surface area contributed by atoms with E-state index in [1.54, 1.807) is 0 Å². The Kier molecular flexibility index (Phi) is 4.67. The fourth-order valence-electron chi connectivity index (χ4n) is 2.22. The van der Waals surface area contributed by atoms with Gasteiger partial charge in [0.15, 0.2) is 0 Å². The largest absolute Gasteiger partial charge is 0.492 e. The molecular formula is C18H23NO. The van der Waals surface area contributed by atoms with E-state index in [-0.39, 0.29) is 6.04 Å². The van der Waals surface area contributed by atoms with Crippen molar-refractivity contribution in [2.45, 2.75) is 33.7 Å². The quantitative estimate of drug-likeness (QED) is 0.835. The van der Waals surface area contributed by atoms with Gasteiger partial charge in [-0.05, 0) is 56.5 Å². The second-order valence-electron chi connectivity index (χ2n) is 5.14. The molecule has 2 aromatic carbocycles. The minimum Gasteiger partial charge on any atom is -0.492 e. The number of hydrogen-bond donors (Lipinski definition) is 1. The highest BCUT2D eigenvalue weighted by Crippen LogP contribution is 2.28. The van der Waals surface area contributed by atoms with Gasteiger partial charge in [-0.3, -0.25) is 0 Å². The summed E-state index contributed by atoms with van der Waals surface area (Å²) in [6, 6.07) is 14.9. The molecule has 0 aliphatic rings. The molecule has 0 bridgehead atoms. The van der Waals surface area contributed by atoms with E-state index in [4.69, 9.17) is 4.74 Å². The average Bonchev–Trinajstić information content (AvgIpc) is 2.44. The molecular weight excluding hydrogens is 246 g/mol. The SMILES string of the molecule is CCOc1ccccc1NC(C)c1ccc(C)c(C)c1. The molecule has 0 radical (unpaired) electrons. The number of benzene rings is 2. The molecule has 1 N–H and O–H groups in total. The summed E-state index contributed by atoms with van der Waals surface area (Å²) in [5.74, 6) is 0.908. The Hall–Kier alpha value is -1.96. The van der Waals surface area contributed by atoms with Crippen LogP contribution in [0.4, 0.5) is 5.69 Å². The maximum atomic E-state index is 5.65. The molecule has 0 aromatic heterocycles. The predicted molar refractivity (Wildman–Crippen MR) is 85.6 cm³/mol. The van der Waals surface area contributed by atoms with Crippen molar-refractivity contribution in [1.82, 2.24) is 0 Å². The molecule has 0 aliphatic carbocycles. The summed E-state index contributed by atoms with van der Waals surface area (Å²) in [6.45, 7) is 9.15. The summed E-state index contributed by atoms with van der Waals surface area (Å²) in [5, 5.41) is 3.53. The van der Waals surface area contributed by atoms with Gasteiger partial charge in [0.25, 0.3) is 0 Å². The van der Waals surface area contributed by atoms with E-state index in [1.165, 1.54) is 16.7 Å². The van der Waals surface area contributed by atoms with Crippen molar-refractivity contribution in [3.63, 3.8) is 0 Å². The van der Waals surface area contributed by atoms with Crippen molar-refractivity contribution in [2.24, 2.45) is 0 Å². The molecule has 1 atom stereocenters. The second-order valence-corrected chi connectivity index (χ2v) is 5.14. The van der Waals surface area contributed by atoms with Crippen LogP contribution < -0.4 is 10.1 Å². The van der Waals surface area contributed by atoms with Crippen LogP contribution in [-0.2, 0) is 0 Å². The minimum absolute atomic E-state index is 0.246. The average molecular weight is 269 g/mol. The van der Waals surface area contributed by atoms with E-state index in [1.807, 2.05) is 25.1 Å². The third-order valence-corrected chi connectivity index (χ3v) is 3.59. The first-order valence-corrected chi connectivity index (χ1v) is 7.17. The lowest BCUT2D eigenvalue weighted by Gasteiger charge is -2.19. The van der Waals surface area contributed by atoms with E-state index >= 15 is 0 Å². The molecule has 106 valence electrons. The topological polar surface area (TPSA) is 21.3 Å². The Morgan fingerprint density at radius 3 is 2.50 bits per heavy atom. The minimum atomic E-state index is 0.246. The highest BCUT2D eigenvalue weighted by atomic mass is 16.5. The number of nitrogens with one attached hydrogen (secondary N) is 1. The number of aryl methyl sites for hydroxylation is 2. The van der Waals surface area contributed by atoms with Crippen LogP contribution in [0.3, 0.4) is 0 Å². The Bertz CT molecular complexity index is 577. The van der Waals surface area contributed by atoms with Crippen molar-refractivity contribution in [1.29, 1.82) is 0 Å². The van der Waals surface area contributed by atoms with Crippen LogP contribution in [-0.4, -0.2) is 6.61 Å². The second kappa shape index (κ2) is 6.47. The monoisotopic (exact) mass is 269 g/mol. The highest BCUT2D eigenvalue weighted by molar-refractivity contribution is 5.57. The smallest absolute Gasteiger partial charge is 0.142 e. The number of ether oxygens (including phenoxy) is 1. The number of rotatable bonds is 5. The molecule has 0 saturated heterocycles. The maximum Gasteiger partial charge on any atom is 0.142 e. The van der Waals surface area contributed by atoms with Gasteiger partial charge in [-0.1, -0.05) is 30.3 Å². The van der Waals surface area contributed by atoms with Gasteiger partial charge in [0.05, 0.1) is 12.3 Å². The molecule has 2 rings (SSSR count). The molecule has 0 aliphatic heterocycles. The van der Waals surface area contributed by atoms with E-state index in [2.05, 4.69) is 50.4 Å². The molecule has 2 nitrogen and oxygen atoms in total. The molecule has 0 saturated carbocycles. The Morgan fingerprint density at radius 2 is 1.80 bits per heavy atom. The van der Waals surface area contributed by atoms with Crippen molar-refractivity contribution in [2.75, 3.05) is 11.9 Å². The van der Waals surface area contributed by atoms with Gasteiger partial charge in [-0.25, -0.2) is 0 Å². The number of anilines is 1. The van der Waals surface area contributed by atoms with Gasteiger partial charge in [-0.2, -0.15) is 0 Å². The lowest BCUT2D eigenvalue weighted by molar-refractivity contribution is 0.341. The molecule has 2 aromatic rings. The lowest BCUT2D eigenvalue weighted by Crippen LogP contribution is -2.08. The fraction of sp³-hybridized carbons (Fsp3) is 0.333. The summed E-state index contributed by atoms with van der Waals surface area (Å²) >= 11 is 0. The van der Waals surface area contributed by atoms with Crippen molar-refractivity contribution < 1.29 is 4.74 Å². The van der Waals surface area contributed by atoms with Crippen molar-refractivity contribution in [3.8, 4) is 5.75 Å². The normalized spacial score (nSPS) is 12.0. The first-order chi connectivity index (χ1) is 9.61. The lowest BCUT2D eigenvalue weighted by atomic mass is 10.0. The van der Waals surface area contributed by atoms with Gasteiger partial charge in [0.2, 0.25) is 0 Å². The van der Waals surface area contributed by atoms with Crippen LogP contribution in [0.15, 0.2) is 42.5 Å². The first-order valence-electron chi connectivity index (χ1n) is 7.17. The zero-order valence-corrected chi connectivity index (χ0v) is 12.7. The summed E-state index contributed by atoms with van der Waals surface area (Å²) in [6.07, 6.45) is 0. The summed E-state index contributed by atoms with van der Waals surface area (Å²) < 4.78 is 5.65. The fourth-order valence-corrected chi connectivity index (χ4v) is 2.22. The van der Waals surface area contributed by atoms with Gasteiger partial charge in [-0.15, -0.1) is 0 Å². The van der Waals surface area contributed by atoms with Crippen LogP contribution in [0.25, 0.3) is 0 Å². The Labute approximate surface area is 121 Å². The Morgan fingerprint density at radius 1 is 1.05 bits per heavy atom. The van der Waals surface area contributed by atoms with Crippen molar-refractivity contribution >= 4 is 5.69 Å². The number of para-hydroxylation sites is 2. The van der Waals surface area contributed by atoms with Crippen LogP contribution in [0.5, 0.6) is 5.75 Å². The summed E-state index contributed by atoms with van der Waals surface area (Å²) in [4.78, 5) is 0. The third-order valence-electron chi connectivity index (χ3n) is 3.59. The summed E-state index contributed by atoms with van der Waals surface area (Å²) in [7, 11) is 0. The van der Waals surface area contributed by atoms with Crippen LogP contribution in [0.1, 0.15) is 36.6 Å². The molecule has 0 amide bonds. The van der Waals surface area contributed by atoms with Gasteiger partial charge in [0.1, 0.15) is 5.75 Å². The zero-order chi connectivity index (χ0) is 14.5. The summed E-state index contributed by atoms with van der Waals surface area (Å²) in [5.41, 5.74) is 4.99.